The van der Waals surface area contributed by atoms with Gasteiger partial charge in [-0.3, -0.25) is 0 Å². The van der Waals surface area contributed by atoms with E-state index in [1.807, 2.05) is 0 Å². The monoisotopic (exact) mass is 391 g/mol. The van der Waals surface area contributed by atoms with Crippen LogP contribution in [0.3, 0.4) is 0 Å². The number of oxime groups is 1. The molecular formula is C20H20F3N3O2. The van der Waals surface area contributed by atoms with Gasteiger partial charge in [0.25, 0.3) is 0 Å². The van der Waals surface area contributed by atoms with E-state index >= 15 is 0 Å². The van der Waals surface area contributed by atoms with Gasteiger partial charge in [0, 0.05) is 24.6 Å². The average molecular weight is 391 g/mol. The predicted molar refractivity (Wildman–Crippen MR) is 98.3 cm³/mol. The summed E-state index contributed by atoms with van der Waals surface area (Å²) in [7, 11) is 0. The van der Waals surface area contributed by atoms with Gasteiger partial charge >= 0.3 is 6.03 Å². The first-order chi connectivity index (χ1) is 13.5. The Labute approximate surface area is 160 Å². The molecule has 5 nitrogen and oxygen atoms in total. The molecule has 1 N–H and O–H groups in total. The van der Waals surface area contributed by atoms with Gasteiger partial charge < -0.3 is 15.1 Å². The third-order valence-corrected chi connectivity index (χ3v) is 4.33. The lowest BCUT2D eigenvalue weighted by molar-refractivity contribution is 0.0588. The average Bonchev–Trinajstić information content (AvgIpc) is 3.12. The summed E-state index contributed by atoms with van der Waals surface area (Å²) in [6, 6.07) is 8.75. The molecule has 2 aromatic rings. The molecule has 0 fully saturated rings. The fourth-order valence-electron chi connectivity index (χ4n) is 2.92. The Balaban J connectivity index is 1.68. The summed E-state index contributed by atoms with van der Waals surface area (Å²) in [4.78, 5) is 19.2. The third kappa shape index (κ3) is 4.82. The van der Waals surface area contributed by atoms with Gasteiger partial charge in [-0.25, -0.2) is 18.0 Å². The van der Waals surface area contributed by atoms with Crippen LogP contribution in [0.4, 0.5) is 18.0 Å². The SMILES string of the molecule is CCNC(=O)N(Cc1ccc(F)cc1F)C[C@H]1CC(c2ccc(F)cc2)=NO1. The van der Waals surface area contributed by atoms with Gasteiger partial charge in [0.1, 0.15) is 17.5 Å². The summed E-state index contributed by atoms with van der Waals surface area (Å²) >= 11 is 0. The minimum atomic E-state index is -0.718. The molecule has 1 aliphatic rings. The molecule has 1 atom stereocenters. The molecule has 0 aromatic heterocycles. The molecule has 3 rings (SSSR count). The number of hydrogen-bond acceptors (Lipinski definition) is 3. The van der Waals surface area contributed by atoms with E-state index in [1.54, 1.807) is 19.1 Å². The van der Waals surface area contributed by atoms with Crippen molar-refractivity contribution in [2.75, 3.05) is 13.1 Å². The fourth-order valence-corrected chi connectivity index (χ4v) is 2.92. The third-order valence-electron chi connectivity index (χ3n) is 4.33. The van der Waals surface area contributed by atoms with Crippen LogP contribution in [0.1, 0.15) is 24.5 Å². The maximum Gasteiger partial charge on any atom is 0.317 e. The molecule has 28 heavy (non-hydrogen) atoms. The molecule has 2 aromatic carbocycles. The number of urea groups is 1. The van der Waals surface area contributed by atoms with Crippen molar-refractivity contribution in [3.63, 3.8) is 0 Å². The molecule has 0 bridgehead atoms. The molecule has 0 unspecified atom stereocenters. The van der Waals surface area contributed by atoms with Gasteiger partial charge in [-0.2, -0.15) is 0 Å². The standard InChI is InChI=1S/C20H20F3N3O2/c1-2-24-20(27)26(11-14-5-8-16(22)9-18(14)23)12-17-10-19(25-28-17)13-3-6-15(21)7-4-13/h3-9,17H,2,10-12H2,1H3,(H,24,27)/t17-/m1/s1. The molecule has 0 spiro atoms. The van der Waals surface area contributed by atoms with Gasteiger partial charge in [0.05, 0.1) is 18.8 Å². The van der Waals surface area contributed by atoms with Gasteiger partial charge in [-0.15, -0.1) is 0 Å². The highest BCUT2D eigenvalue weighted by Crippen LogP contribution is 2.20. The first-order valence-corrected chi connectivity index (χ1v) is 8.91. The highest BCUT2D eigenvalue weighted by molar-refractivity contribution is 6.01. The van der Waals surface area contributed by atoms with Crippen LogP contribution in [0.15, 0.2) is 47.6 Å². The summed E-state index contributed by atoms with van der Waals surface area (Å²) in [6.07, 6.45) is -0.000799. The number of rotatable bonds is 6. The minimum absolute atomic E-state index is 0.0380. The van der Waals surface area contributed by atoms with E-state index in [1.165, 1.54) is 23.1 Å². The smallest absolute Gasteiger partial charge is 0.317 e. The second-order valence-corrected chi connectivity index (χ2v) is 6.43. The van der Waals surface area contributed by atoms with E-state index in [2.05, 4.69) is 10.5 Å². The van der Waals surface area contributed by atoms with E-state index in [0.29, 0.717) is 18.7 Å². The second kappa shape index (κ2) is 8.77. The van der Waals surface area contributed by atoms with Crippen molar-refractivity contribution >= 4 is 11.7 Å². The molecule has 148 valence electrons. The number of carbonyl (C=O) groups is 1. The maximum absolute atomic E-state index is 14.0. The van der Waals surface area contributed by atoms with Crippen molar-refractivity contribution in [1.29, 1.82) is 0 Å². The number of benzene rings is 2. The van der Waals surface area contributed by atoms with Crippen LogP contribution in [0.5, 0.6) is 0 Å². The minimum Gasteiger partial charge on any atom is -0.390 e. The predicted octanol–water partition coefficient (Wildman–Crippen LogP) is 3.83. The Hall–Kier alpha value is -3.03. The quantitative estimate of drug-likeness (QED) is 0.814. The van der Waals surface area contributed by atoms with E-state index in [4.69, 9.17) is 4.84 Å². The summed E-state index contributed by atoms with van der Waals surface area (Å²) in [5, 5.41) is 6.70. The van der Waals surface area contributed by atoms with Crippen molar-refractivity contribution in [2.45, 2.75) is 26.0 Å². The molecule has 8 heteroatoms. The van der Waals surface area contributed by atoms with Gasteiger partial charge in [0.2, 0.25) is 0 Å². The summed E-state index contributed by atoms with van der Waals surface area (Å²) in [5.41, 5.74) is 1.58. The Morgan fingerprint density at radius 2 is 1.89 bits per heavy atom. The molecule has 0 radical (unpaired) electrons. The summed E-state index contributed by atoms with van der Waals surface area (Å²) in [6.45, 7) is 2.31. The molecule has 1 heterocycles. The van der Waals surface area contributed by atoms with Gasteiger partial charge in [-0.1, -0.05) is 23.4 Å². The highest BCUT2D eigenvalue weighted by Gasteiger charge is 2.27. The lowest BCUT2D eigenvalue weighted by Crippen LogP contribution is -2.43. The highest BCUT2D eigenvalue weighted by atomic mass is 19.1. The topological polar surface area (TPSA) is 53.9 Å². The number of carbonyl (C=O) groups excluding carboxylic acids is 1. The van der Waals surface area contributed by atoms with Crippen LogP contribution in [0.2, 0.25) is 0 Å². The van der Waals surface area contributed by atoms with Crippen molar-refractivity contribution in [1.82, 2.24) is 10.2 Å². The lowest BCUT2D eigenvalue weighted by Gasteiger charge is -2.25. The number of nitrogens with one attached hydrogen (secondary N) is 1. The molecule has 2 amide bonds. The van der Waals surface area contributed by atoms with Crippen LogP contribution < -0.4 is 5.32 Å². The fraction of sp³-hybridized carbons (Fsp3) is 0.300. The normalized spacial score (nSPS) is 15.7. The summed E-state index contributed by atoms with van der Waals surface area (Å²) in [5.74, 6) is -1.74. The van der Waals surface area contributed by atoms with E-state index in [-0.39, 0.29) is 30.5 Å². The Bertz CT molecular complexity index is 871. The zero-order valence-electron chi connectivity index (χ0n) is 15.3. The zero-order chi connectivity index (χ0) is 20.1. The van der Waals surface area contributed by atoms with Gasteiger partial charge in [0.15, 0.2) is 6.10 Å². The van der Waals surface area contributed by atoms with Crippen LogP contribution in [-0.2, 0) is 11.4 Å². The van der Waals surface area contributed by atoms with Crippen LogP contribution in [-0.4, -0.2) is 35.8 Å². The number of nitrogens with zero attached hydrogens (tertiary/aromatic N) is 2. The maximum atomic E-state index is 14.0. The second-order valence-electron chi connectivity index (χ2n) is 6.43. The van der Waals surface area contributed by atoms with Crippen molar-refractivity contribution < 1.29 is 22.8 Å². The first-order valence-electron chi connectivity index (χ1n) is 8.91. The number of amides is 2. The van der Waals surface area contributed by atoms with E-state index in [9.17, 15) is 18.0 Å². The molecular weight excluding hydrogens is 371 g/mol. The largest absolute Gasteiger partial charge is 0.390 e. The Morgan fingerprint density at radius 1 is 1.18 bits per heavy atom. The van der Waals surface area contributed by atoms with Crippen LogP contribution >= 0.6 is 0 Å². The van der Waals surface area contributed by atoms with Crippen molar-refractivity contribution in [3.8, 4) is 0 Å². The van der Waals surface area contributed by atoms with Crippen LogP contribution in [0.25, 0.3) is 0 Å². The lowest BCUT2D eigenvalue weighted by atomic mass is 10.0. The molecule has 1 aliphatic heterocycles. The van der Waals surface area contributed by atoms with Crippen molar-refractivity contribution in [2.24, 2.45) is 5.16 Å². The first kappa shape index (κ1) is 19.7. The Kier molecular flexibility index (Phi) is 6.18. The van der Waals surface area contributed by atoms with E-state index in [0.717, 1.165) is 17.7 Å². The van der Waals surface area contributed by atoms with Gasteiger partial charge in [-0.05, 0) is 30.7 Å². The van der Waals surface area contributed by atoms with Crippen molar-refractivity contribution in [3.05, 3.63) is 71.0 Å². The van der Waals surface area contributed by atoms with Crippen LogP contribution in [0, 0.1) is 17.5 Å². The summed E-state index contributed by atoms with van der Waals surface area (Å²) < 4.78 is 40.2. The van der Waals surface area contributed by atoms with E-state index < -0.39 is 17.7 Å². The zero-order valence-corrected chi connectivity index (χ0v) is 15.3. The number of hydrogen-bond donors (Lipinski definition) is 1. The molecule has 0 saturated heterocycles. The number of halogens is 3. The molecule has 0 aliphatic carbocycles. The molecule has 0 saturated carbocycles. The Morgan fingerprint density at radius 3 is 2.57 bits per heavy atom.